The first-order chi connectivity index (χ1) is 10.1. The highest BCUT2D eigenvalue weighted by atomic mass is 35.5. The van der Waals surface area contributed by atoms with Gasteiger partial charge in [-0.3, -0.25) is 0 Å². The third-order valence-corrected chi connectivity index (χ3v) is 5.83. The molecular formula is C15H23ClN2O3S. The molecule has 2 unspecified atom stereocenters. The van der Waals surface area contributed by atoms with Crippen LogP contribution in [0.5, 0.6) is 0 Å². The van der Waals surface area contributed by atoms with Crippen molar-refractivity contribution in [2.75, 3.05) is 7.11 Å². The molecule has 2 bridgehead atoms. The Hall–Kier alpha value is -0.660. The molecule has 1 aromatic rings. The monoisotopic (exact) mass is 346 g/mol. The summed E-state index contributed by atoms with van der Waals surface area (Å²) >= 11 is 0. The number of piperidine rings is 1. The van der Waals surface area contributed by atoms with Gasteiger partial charge in [-0.2, -0.15) is 0 Å². The summed E-state index contributed by atoms with van der Waals surface area (Å²) in [5.74, 6) is 0. The Labute approximate surface area is 138 Å². The summed E-state index contributed by atoms with van der Waals surface area (Å²) in [6.45, 7) is 0.418. The molecule has 2 aliphatic rings. The first-order valence-electron chi connectivity index (χ1n) is 7.43. The number of sulfonamides is 1. The van der Waals surface area contributed by atoms with Crippen LogP contribution in [-0.2, 0) is 21.4 Å². The van der Waals surface area contributed by atoms with E-state index in [1.54, 1.807) is 25.3 Å². The van der Waals surface area contributed by atoms with Crippen molar-refractivity contribution in [2.45, 2.75) is 55.3 Å². The van der Waals surface area contributed by atoms with Crippen molar-refractivity contribution in [3.8, 4) is 0 Å². The van der Waals surface area contributed by atoms with Gasteiger partial charge in [0, 0.05) is 25.2 Å². The average Bonchev–Trinajstić information content (AvgIpc) is 2.78. The average molecular weight is 347 g/mol. The summed E-state index contributed by atoms with van der Waals surface area (Å²) in [4.78, 5) is 0.322. The van der Waals surface area contributed by atoms with Crippen LogP contribution in [-0.4, -0.2) is 33.7 Å². The van der Waals surface area contributed by atoms with Crippen molar-refractivity contribution in [1.29, 1.82) is 0 Å². The molecule has 0 radical (unpaired) electrons. The van der Waals surface area contributed by atoms with Gasteiger partial charge in [-0.15, -0.1) is 12.4 Å². The van der Waals surface area contributed by atoms with Crippen LogP contribution in [0.3, 0.4) is 0 Å². The second-order valence-corrected chi connectivity index (χ2v) is 7.72. The van der Waals surface area contributed by atoms with Crippen molar-refractivity contribution in [2.24, 2.45) is 0 Å². The molecule has 2 saturated heterocycles. The molecule has 2 fully saturated rings. The summed E-state index contributed by atoms with van der Waals surface area (Å²) in [5.41, 5.74) is 0.866. The molecule has 124 valence electrons. The Kier molecular flexibility index (Phi) is 5.85. The molecule has 7 heteroatoms. The molecule has 2 atom stereocenters. The second-order valence-electron chi connectivity index (χ2n) is 6.01. The van der Waals surface area contributed by atoms with Crippen LogP contribution in [0.4, 0.5) is 0 Å². The van der Waals surface area contributed by atoms with Crippen molar-refractivity contribution >= 4 is 22.4 Å². The maximum absolute atomic E-state index is 12.5. The minimum Gasteiger partial charge on any atom is -0.380 e. The van der Waals surface area contributed by atoms with Crippen molar-refractivity contribution in [3.63, 3.8) is 0 Å². The first-order valence-corrected chi connectivity index (χ1v) is 8.91. The topological polar surface area (TPSA) is 67.4 Å². The Morgan fingerprint density at radius 1 is 1.27 bits per heavy atom. The van der Waals surface area contributed by atoms with Gasteiger partial charge in [-0.05, 0) is 43.4 Å². The van der Waals surface area contributed by atoms with E-state index in [2.05, 4.69) is 10.0 Å². The van der Waals surface area contributed by atoms with Gasteiger partial charge in [0.05, 0.1) is 11.5 Å². The van der Waals surface area contributed by atoms with E-state index in [0.717, 1.165) is 31.2 Å². The van der Waals surface area contributed by atoms with Gasteiger partial charge in [-0.1, -0.05) is 12.1 Å². The Balaban J connectivity index is 0.00000176. The summed E-state index contributed by atoms with van der Waals surface area (Å²) < 4.78 is 33.0. The number of halogens is 1. The van der Waals surface area contributed by atoms with E-state index in [0.29, 0.717) is 23.6 Å². The van der Waals surface area contributed by atoms with Crippen LogP contribution in [0.25, 0.3) is 0 Å². The third-order valence-electron chi connectivity index (χ3n) is 4.31. The van der Waals surface area contributed by atoms with Crippen LogP contribution in [0, 0.1) is 0 Å². The number of benzene rings is 1. The number of nitrogens with one attached hydrogen (secondary N) is 2. The zero-order valence-corrected chi connectivity index (χ0v) is 14.3. The number of hydrogen-bond acceptors (Lipinski definition) is 4. The van der Waals surface area contributed by atoms with Gasteiger partial charge in [0.2, 0.25) is 10.0 Å². The van der Waals surface area contributed by atoms with Gasteiger partial charge < -0.3 is 10.1 Å². The van der Waals surface area contributed by atoms with Crippen LogP contribution >= 0.6 is 12.4 Å². The lowest BCUT2D eigenvalue weighted by Gasteiger charge is -2.29. The van der Waals surface area contributed by atoms with E-state index < -0.39 is 10.0 Å². The summed E-state index contributed by atoms with van der Waals surface area (Å²) in [6, 6.07) is 7.92. The maximum Gasteiger partial charge on any atom is 0.240 e. The Morgan fingerprint density at radius 2 is 1.95 bits per heavy atom. The fourth-order valence-corrected chi connectivity index (χ4v) is 4.74. The van der Waals surface area contributed by atoms with E-state index in [-0.39, 0.29) is 18.4 Å². The molecule has 0 spiro atoms. The highest BCUT2D eigenvalue weighted by Gasteiger charge is 2.35. The fourth-order valence-electron chi connectivity index (χ4n) is 3.41. The summed E-state index contributed by atoms with van der Waals surface area (Å²) in [7, 11) is -1.85. The highest BCUT2D eigenvalue weighted by Crippen LogP contribution is 2.27. The first kappa shape index (κ1) is 17.7. The lowest BCUT2D eigenvalue weighted by atomic mass is 10.0. The summed E-state index contributed by atoms with van der Waals surface area (Å²) in [5, 5.41) is 3.52. The minimum absolute atomic E-state index is 0. The number of rotatable bonds is 5. The van der Waals surface area contributed by atoms with Crippen LogP contribution in [0.1, 0.15) is 31.2 Å². The van der Waals surface area contributed by atoms with Crippen molar-refractivity contribution in [1.82, 2.24) is 10.0 Å². The van der Waals surface area contributed by atoms with Crippen LogP contribution < -0.4 is 10.0 Å². The molecule has 0 aromatic heterocycles. The van der Waals surface area contributed by atoms with E-state index in [1.807, 2.05) is 6.07 Å². The van der Waals surface area contributed by atoms with E-state index in [1.165, 1.54) is 0 Å². The number of ether oxygens (including phenoxy) is 1. The normalized spacial score (nSPS) is 27.4. The number of hydrogen-bond donors (Lipinski definition) is 2. The van der Waals surface area contributed by atoms with Gasteiger partial charge in [0.25, 0.3) is 0 Å². The maximum atomic E-state index is 12.5. The molecular weight excluding hydrogens is 324 g/mol. The van der Waals surface area contributed by atoms with Crippen LogP contribution in [0.2, 0.25) is 0 Å². The highest BCUT2D eigenvalue weighted by molar-refractivity contribution is 7.89. The molecule has 2 aliphatic heterocycles. The lowest BCUT2D eigenvalue weighted by Crippen LogP contribution is -2.47. The van der Waals surface area contributed by atoms with Crippen LogP contribution in [0.15, 0.2) is 29.2 Å². The Bertz CT molecular complexity index is 597. The quantitative estimate of drug-likeness (QED) is 0.853. The van der Waals surface area contributed by atoms with Crippen molar-refractivity contribution < 1.29 is 13.2 Å². The second kappa shape index (κ2) is 7.27. The zero-order valence-electron chi connectivity index (χ0n) is 12.6. The molecule has 3 rings (SSSR count). The third kappa shape index (κ3) is 4.00. The van der Waals surface area contributed by atoms with Gasteiger partial charge in [0.1, 0.15) is 0 Å². The standard InChI is InChI=1S/C15H22N2O3S.ClH/c1-20-10-11-3-2-4-15(7-11)21(18,19)17-14-8-12-5-6-13(9-14)16-12;/h2-4,7,12-14,16-17H,5-6,8-10H2,1H3;1H. The molecule has 0 amide bonds. The molecule has 1 aromatic carbocycles. The Morgan fingerprint density at radius 3 is 2.59 bits per heavy atom. The van der Waals surface area contributed by atoms with Gasteiger partial charge in [0.15, 0.2) is 0 Å². The van der Waals surface area contributed by atoms with Gasteiger partial charge in [-0.25, -0.2) is 13.1 Å². The molecule has 0 saturated carbocycles. The fraction of sp³-hybridized carbons (Fsp3) is 0.600. The molecule has 22 heavy (non-hydrogen) atoms. The number of fused-ring (bicyclic) bond motifs is 2. The summed E-state index contributed by atoms with van der Waals surface area (Å²) in [6.07, 6.45) is 4.08. The molecule has 0 aliphatic carbocycles. The lowest BCUT2D eigenvalue weighted by molar-refractivity contribution is 0.184. The predicted octanol–water partition coefficient (Wildman–Crippen LogP) is 1.82. The van der Waals surface area contributed by atoms with Gasteiger partial charge >= 0.3 is 0 Å². The number of methoxy groups -OCH3 is 1. The predicted molar refractivity (Wildman–Crippen MR) is 87.7 cm³/mol. The van der Waals surface area contributed by atoms with E-state index in [9.17, 15) is 8.42 Å². The molecule has 5 nitrogen and oxygen atoms in total. The molecule has 2 heterocycles. The SMILES string of the molecule is COCc1cccc(S(=O)(=O)NC2CC3CCC(C2)N3)c1.Cl. The largest absolute Gasteiger partial charge is 0.380 e. The van der Waals surface area contributed by atoms with Crippen molar-refractivity contribution in [3.05, 3.63) is 29.8 Å². The zero-order chi connectivity index (χ0) is 14.9. The molecule has 2 N–H and O–H groups in total. The van der Waals surface area contributed by atoms with E-state index in [4.69, 9.17) is 4.74 Å². The smallest absolute Gasteiger partial charge is 0.240 e. The minimum atomic E-state index is -3.45. The van der Waals surface area contributed by atoms with E-state index >= 15 is 0 Å².